The third-order valence-corrected chi connectivity index (χ3v) is 3.13. The molecule has 0 amide bonds. The van der Waals surface area contributed by atoms with Crippen molar-refractivity contribution in [3.63, 3.8) is 0 Å². The lowest BCUT2D eigenvalue weighted by molar-refractivity contribution is -0.164. The molecule has 21 heavy (non-hydrogen) atoms. The highest BCUT2D eigenvalue weighted by atomic mass is 16.6. The van der Waals surface area contributed by atoms with Crippen LogP contribution in [-0.4, -0.2) is 25.2 Å². The highest BCUT2D eigenvalue weighted by molar-refractivity contribution is 6.06. The van der Waals surface area contributed by atoms with Gasteiger partial charge >= 0.3 is 11.9 Å². The molecule has 0 heterocycles. The van der Waals surface area contributed by atoms with Gasteiger partial charge in [0.25, 0.3) is 0 Å². The topological polar surface area (TPSA) is 52.6 Å². The van der Waals surface area contributed by atoms with E-state index in [1.54, 1.807) is 32.0 Å². The van der Waals surface area contributed by atoms with Gasteiger partial charge in [-0.2, -0.15) is 0 Å². The largest absolute Gasteiger partial charge is 0.465 e. The van der Waals surface area contributed by atoms with E-state index in [-0.39, 0.29) is 19.6 Å². The molecule has 0 bridgehead atoms. The Bertz CT molecular complexity index is 536. The molecular formula is C17H20O4. The van der Waals surface area contributed by atoms with Crippen molar-refractivity contribution in [2.45, 2.75) is 32.6 Å². The smallest absolute Gasteiger partial charge is 0.329 e. The van der Waals surface area contributed by atoms with Gasteiger partial charge in [0.2, 0.25) is 5.41 Å². The second kappa shape index (κ2) is 7.49. The van der Waals surface area contributed by atoms with Crippen molar-refractivity contribution in [3.8, 4) is 12.3 Å². The molecular weight excluding hydrogens is 268 g/mol. The van der Waals surface area contributed by atoms with Crippen molar-refractivity contribution in [2.75, 3.05) is 13.2 Å². The molecule has 4 heteroatoms. The number of aryl methyl sites for hydroxylation is 1. The van der Waals surface area contributed by atoms with Gasteiger partial charge in [-0.15, -0.1) is 12.3 Å². The summed E-state index contributed by atoms with van der Waals surface area (Å²) in [6.07, 6.45) is 5.29. The Kier molecular flexibility index (Phi) is 5.98. The predicted octanol–water partition coefficient (Wildman–Crippen LogP) is 2.38. The summed E-state index contributed by atoms with van der Waals surface area (Å²) in [6, 6.07) is 7.10. The molecule has 1 aromatic rings. The maximum absolute atomic E-state index is 12.5. The fraction of sp³-hybridized carbons (Fsp3) is 0.412. The number of ether oxygens (including phenoxy) is 2. The van der Waals surface area contributed by atoms with Gasteiger partial charge in [0.05, 0.1) is 13.2 Å². The van der Waals surface area contributed by atoms with Gasteiger partial charge in [-0.25, -0.2) is 0 Å². The van der Waals surface area contributed by atoms with Gasteiger partial charge in [-0.3, -0.25) is 9.59 Å². The minimum atomic E-state index is -1.60. The van der Waals surface area contributed by atoms with Gasteiger partial charge < -0.3 is 9.47 Å². The SMILES string of the molecule is C#CCC(C(=O)OCC)(C(=O)OCC)c1cccc(C)c1. The molecule has 0 saturated carbocycles. The zero-order chi connectivity index (χ0) is 15.9. The van der Waals surface area contributed by atoms with E-state index in [9.17, 15) is 9.59 Å². The summed E-state index contributed by atoms with van der Waals surface area (Å²) in [7, 11) is 0. The Balaban J connectivity index is 3.47. The molecule has 0 atom stereocenters. The van der Waals surface area contributed by atoms with Crippen LogP contribution in [0.3, 0.4) is 0 Å². The summed E-state index contributed by atoms with van der Waals surface area (Å²) in [5, 5.41) is 0. The third-order valence-electron chi connectivity index (χ3n) is 3.13. The second-order valence-electron chi connectivity index (χ2n) is 4.60. The Labute approximate surface area is 125 Å². The van der Waals surface area contributed by atoms with Gasteiger partial charge in [-0.05, 0) is 26.3 Å². The van der Waals surface area contributed by atoms with Crippen LogP contribution >= 0.6 is 0 Å². The van der Waals surface area contributed by atoms with Crippen molar-refractivity contribution in [3.05, 3.63) is 35.4 Å². The highest BCUT2D eigenvalue weighted by Crippen LogP contribution is 2.32. The van der Waals surface area contributed by atoms with Crippen LogP contribution in [0.5, 0.6) is 0 Å². The predicted molar refractivity (Wildman–Crippen MR) is 79.6 cm³/mol. The van der Waals surface area contributed by atoms with Crippen LogP contribution in [0.15, 0.2) is 24.3 Å². The van der Waals surface area contributed by atoms with E-state index in [2.05, 4.69) is 5.92 Å². The fourth-order valence-electron chi connectivity index (χ4n) is 2.14. The van der Waals surface area contributed by atoms with Crippen LogP contribution in [0.25, 0.3) is 0 Å². The average molecular weight is 288 g/mol. The lowest BCUT2D eigenvalue weighted by Crippen LogP contribution is -2.46. The van der Waals surface area contributed by atoms with E-state index in [0.717, 1.165) is 5.56 Å². The lowest BCUT2D eigenvalue weighted by Gasteiger charge is -2.28. The third kappa shape index (κ3) is 3.43. The number of hydrogen-bond acceptors (Lipinski definition) is 4. The molecule has 0 saturated heterocycles. The summed E-state index contributed by atoms with van der Waals surface area (Å²) < 4.78 is 10.2. The summed E-state index contributed by atoms with van der Waals surface area (Å²) in [4.78, 5) is 24.9. The van der Waals surface area contributed by atoms with Gasteiger partial charge in [0, 0.05) is 6.42 Å². The van der Waals surface area contributed by atoms with Gasteiger partial charge in [0.1, 0.15) is 0 Å². The zero-order valence-electron chi connectivity index (χ0n) is 12.6. The van der Waals surface area contributed by atoms with Gasteiger partial charge in [-0.1, -0.05) is 29.8 Å². The summed E-state index contributed by atoms with van der Waals surface area (Å²) >= 11 is 0. The van der Waals surface area contributed by atoms with E-state index in [1.807, 2.05) is 13.0 Å². The molecule has 1 aromatic carbocycles. The number of terminal acetylenes is 1. The first-order valence-corrected chi connectivity index (χ1v) is 6.88. The minimum Gasteiger partial charge on any atom is -0.465 e. The summed E-state index contributed by atoms with van der Waals surface area (Å²) in [5.74, 6) is 1.06. The Morgan fingerprint density at radius 1 is 1.19 bits per heavy atom. The lowest BCUT2D eigenvalue weighted by atomic mass is 9.77. The monoisotopic (exact) mass is 288 g/mol. The quantitative estimate of drug-likeness (QED) is 0.458. The second-order valence-corrected chi connectivity index (χ2v) is 4.60. The van der Waals surface area contributed by atoms with Crippen LogP contribution in [0, 0.1) is 19.3 Å². The molecule has 0 aliphatic carbocycles. The van der Waals surface area contributed by atoms with Crippen LogP contribution in [0.4, 0.5) is 0 Å². The Morgan fingerprint density at radius 2 is 1.76 bits per heavy atom. The molecule has 0 N–H and O–H groups in total. The molecule has 1 rings (SSSR count). The molecule has 0 spiro atoms. The fourth-order valence-corrected chi connectivity index (χ4v) is 2.14. The first-order valence-electron chi connectivity index (χ1n) is 6.88. The van der Waals surface area contributed by atoms with Crippen LogP contribution in [-0.2, 0) is 24.5 Å². The van der Waals surface area contributed by atoms with Crippen LogP contribution in [0.1, 0.15) is 31.4 Å². The molecule has 4 nitrogen and oxygen atoms in total. The van der Waals surface area contributed by atoms with E-state index in [1.165, 1.54) is 0 Å². The minimum absolute atomic E-state index is 0.103. The molecule has 0 aliphatic heterocycles. The maximum atomic E-state index is 12.5. The Hall–Kier alpha value is -2.28. The number of carbonyl (C=O) groups excluding carboxylic acids is 2. The number of rotatable bonds is 6. The number of hydrogen-bond donors (Lipinski definition) is 0. The molecule has 0 radical (unpaired) electrons. The molecule has 112 valence electrons. The van der Waals surface area contributed by atoms with Gasteiger partial charge in [0.15, 0.2) is 0 Å². The van der Waals surface area contributed by atoms with E-state index >= 15 is 0 Å². The zero-order valence-corrected chi connectivity index (χ0v) is 12.6. The number of carbonyl (C=O) groups is 2. The van der Waals surface area contributed by atoms with Crippen molar-refractivity contribution in [2.24, 2.45) is 0 Å². The van der Waals surface area contributed by atoms with E-state index in [4.69, 9.17) is 15.9 Å². The standard InChI is InChI=1S/C17H20O4/c1-5-11-17(15(18)20-6-2,16(19)21-7-3)14-10-8-9-13(4)12-14/h1,8-10,12H,6-7,11H2,2-4H3. The number of esters is 2. The summed E-state index contributed by atoms with van der Waals surface area (Å²) in [5.41, 5.74) is -0.188. The van der Waals surface area contributed by atoms with Crippen LogP contribution in [0.2, 0.25) is 0 Å². The molecule has 0 unspecified atom stereocenters. The first kappa shape index (κ1) is 16.8. The molecule has 0 aromatic heterocycles. The van der Waals surface area contributed by atoms with Crippen molar-refractivity contribution in [1.82, 2.24) is 0 Å². The van der Waals surface area contributed by atoms with Crippen LogP contribution < -0.4 is 0 Å². The molecule has 0 aliphatic rings. The normalized spacial score (nSPS) is 10.6. The van der Waals surface area contributed by atoms with E-state index in [0.29, 0.717) is 5.56 Å². The Morgan fingerprint density at radius 3 is 2.19 bits per heavy atom. The maximum Gasteiger partial charge on any atom is 0.329 e. The first-order chi connectivity index (χ1) is 10.0. The number of benzene rings is 1. The van der Waals surface area contributed by atoms with E-state index < -0.39 is 17.4 Å². The van der Waals surface area contributed by atoms with Crippen molar-refractivity contribution in [1.29, 1.82) is 0 Å². The van der Waals surface area contributed by atoms with Crippen molar-refractivity contribution >= 4 is 11.9 Å². The average Bonchev–Trinajstić information content (AvgIpc) is 2.45. The molecule has 0 fully saturated rings. The highest BCUT2D eigenvalue weighted by Gasteiger charge is 2.50. The summed E-state index contributed by atoms with van der Waals surface area (Å²) in [6.45, 7) is 5.56. The van der Waals surface area contributed by atoms with Crippen molar-refractivity contribution < 1.29 is 19.1 Å².